The van der Waals surface area contributed by atoms with Crippen molar-refractivity contribution in [3.05, 3.63) is 35.4 Å². The monoisotopic (exact) mass is 300 g/mol. The first-order valence-corrected chi connectivity index (χ1v) is 8.34. The molecule has 0 saturated carbocycles. The van der Waals surface area contributed by atoms with E-state index in [4.69, 9.17) is 0 Å². The van der Waals surface area contributed by atoms with E-state index in [1.54, 1.807) is 6.92 Å². The van der Waals surface area contributed by atoms with Crippen LogP contribution in [0.1, 0.15) is 51.7 Å². The molecular formula is C19H28N2O. The Morgan fingerprint density at radius 2 is 2.14 bits per heavy atom. The maximum Gasteiger partial charge on any atom is 0.224 e. The summed E-state index contributed by atoms with van der Waals surface area (Å²) in [7, 11) is 1.96. The van der Waals surface area contributed by atoms with Gasteiger partial charge < -0.3 is 10.2 Å². The highest BCUT2D eigenvalue weighted by Gasteiger charge is 2.33. The van der Waals surface area contributed by atoms with Gasteiger partial charge in [0.1, 0.15) is 0 Å². The molecule has 0 unspecified atom stereocenters. The first-order chi connectivity index (χ1) is 10.5. The summed E-state index contributed by atoms with van der Waals surface area (Å²) in [6.45, 7) is 8.23. The van der Waals surface area contributed by atoms with Crippen LogP contribution in [-0.4, -0.2) is 19.0 Å². The first-order valence-electron chi connectivity index (χ1n) is 8.34. The van der Waals surface area contributed by atoms with E-state index in [1.165, 1.54) is 11.1 Å². The van der Waals surface area contributed by atoms with Crippen molar-refractivity contribution >= 4 is 17.3 Å². The number of hydrogen-bond acceptors (Lipinski definition) is 2. The third-order valence-corrected chi connectivity index (χ3v) is 4.62. The average Bonchev–Trinajstić information content (AvgIpc) is 2.50. The highest BCUT2D eigenvalue weighted by Crippen LogP contribution is 2.36. The van der Waals surface area contributed by atoms with Crippen molar-refractivity contribution in [2.75, 3.05) is 11.9 Å². The molecule has 1 heterocycles. The molecule has 2 atom stereocenters. The zero-order chi connectivity index (χ0) is 16.3. The number of fused-ring (bicyclic) bond motifs is 1. The Morgan fingerprint density at radius 3 is 2.68 bits per heavy atom. The van der Waals surface area contributed by atoms with Crippen LogP contribution in [0, 0.1) is 5.92 Å². The van der Waals surface area contributed by atoms with Crippen molar-refractivity contribution in [3.8, 4) is 0 Å². The van der Waals surface area contributed by atoms with E-state index in [0.717, 1.165) is 30.6 Å². The molecule has 1 amide bonds. The minimum Gasteiger partial charge on any atom is -0.388 e. The van der Waals surface area contributed by atoms with Crippen molar-refractivity contribution in [2.45, 2.75) is 53.0 Å². The summed E-state index contributed by atoms with van der Waals surface area (Å²) in [4.78, 5) is 14.2. The van der Waals surface area contributed by atoms with Gasteiger partial charge in [-0.1, -0.05) is 32.9 Å². The molecule has 3 nitrogen and oxygen atoms in total. The van der Waals surface area contributed by atoms with Crippen LogP contribution in [-0.2, 0) is 11.2 Å². The standard InChI is InChI=1S/C19H28N2O/c1-6-8-17(20-5)15-9-10-19-16(12-15)11-13(3)18(7-2)21(19)14(4)22/h8-10,12-13,18,20H,6-7,11H2,1-5H3/b17-8-/t13-,18+/m1/s1. The lowest BCUT2D eigenvalue weighted by Gasteiger charge is -2.40. The summed E-state index contributed by atoms with van der Waals surface area (Å²) in [5.74, 6) is 0.634. The van der Waals surface area contributed by atoms with E-state index in [1.807, 2.05) is 11.9 Å². The number of amides is 1. The fraction of sp³-hybridized carbons (Fsp3) is 0.526. The maximum atomic E-state index is 12.2. The second kappa shape index (κ2) is 6.99. The molecule has 1 aromatic carbocycles. The fourth-order valence-electron chi connectivity index (χ4n) is 3.62. The minimum atomic E-state index is 0.144. The van der Waals surface area contributed by atoms with Crippen LogP contribution in [0.15, 0.2) is 24.3 Å². The highest BCUT2D eigenvalue weighted by atomic mass is 16.2. The van der Waals surface area contributed by atoms with Crippen molar-refractivity contribution in [1.29, 1.82) is 0 Å². The van der Waals surface area contributed by atoms with Crippen LogP contribution in [0.4, 0.5) is 5.69 Å². The molecule has 2 rings (SSSR count). The average molecular weight is 300 g/mol. The van der Waals surface area contributed by atoms with Crippen molar-refractivity contribution in [2.24, 2.45) is 5.92 Å². The van der Waals surface area contributed by atoms with Crippen molar-refractivity contribution < 1.29 is 4.79 Å². The molecule has 3 heteroatoms. The largest absolute Gasteiger partial charge is 0.388 e. The Morgan fingerprint density at radius 1 is 1.41 bits per heavy atom. The van der Waals surface area contributed by atoms with Gasteiger partial charge in [0.25, 0.3) is 0 Å². The number of anilines is 1. The van der Waals surface area contributed by atoms with E-state index < -0.39 is 0 Å². The molecule has 120 valence electrons. The normalized spacial score (nSPS) is 21.5. The molecule has 1 aliphatic heterocycles. The summed E-state index contributed by atoms with van der Waals surface area (Å²) in [5.41, 5.74) is 4.73. The summed E-state index contributed by atoms with van der Waals surface area (Å²) >= 11 is 0. The van der Waals surface area contributed by atoms with Crippen LogP contribution >= 0.6 is 0 Å². The van der Waals surface area contributed by atoms with Crippen LogP contribution in [0.2, 0.25) is 0 Å². The summed E-state index contributed by atoms with van der Waals surface area (Å²) < 4.78 is 0. The van der Waals surface area contributed by atoms with Gasteiger partial charge in [0.2, 0.25) is 5.91 Å². The first kappa shape index (κ1) is 16.6. The molecule has 0 bridgehead atoms. The number of rotatable bonds is 4. The summed E-state index contributed by atoms with van der Waals surface area (Å²) in [6.07, 6.45) is 5.24. The predicted octanol–water partition coefficient (Wildman–Crippen LogP) is 3.98. The molecule has 1 N–H and O–H groups in total. The second-order valence-corrected chi connectivity index (χ2v) is 6.17. The zero-order valence-electron chi connectivity index (χ0n) is 14.4. The van der Waals surface area contributed by atoms with Crippen LogP contribution in [0.5, 0.6) is 0 Å². The molecule has 0 radical (unpaired) electrons. The van der Waals surface area contributed by atoms with Crippen LogP contribution < -0.4 is 10.2 Å². The number of allylic oxidation sites excluding steroid dienone is 1. The molecular weight excluding hydrogens is 272 g/mol. The smallest absolute Gasteiger partial charge is 0.224 e. The molecule has 0 fully saturated rings. The number of benzene rings is 1. The predicted molar refractivity (Wildman–Crippen MR) is 93.9 cm³/mol. The lowest BCUT2D eigenvalue weighted by molar-refractivity contribution is -0.117. The van der Waals surface area contributed by atoms with E-state index in [-0.39, 0.29) is 5.91 Å². The number of nitrogens with zero attached hydrogens (tertiary/aromatic N) is 1. The lowest BCUT2D eigenvalue weighted by atomic mass is 9.84. The Hall–Kier alpha value is -1.77. The third-order valence-electron chi connectivity index (χ3n) is 4.62. The van der Waals surface area contributed by atoms with Crippen molar-refractivity contribution in [1.82, 2.24) is 5.32 Å². The molecule has 22 heavy (non-hydrogen) atoms. The molecule has 0 aromatic heterocycles. The van der Waals surface area contributed by atoms with E-state index in [9.17, 15) is 4.79 Å². The summed E-state index contributed by atoms with van der Waals surface area (Å²) in [5, 5.41) is 3.27. The quantitative estimate of drug-likeness (QED) is 0.912. The van der Waals surface area contributed by atoms with Gasteiger partial charge in [-0.2, -0.15) is 0 Å². The van der Waals surface area contributed by atoms with Gasteiger partial charge in [-0.25, -0.2) is 0 Å². The Balaban J connectivity index is 2.48. The number of carbonyl (C=O) groups excluding carboxylic acids is 1. The molecule has 0 aliphatic carbocycles. The van der Waals surface area contributed by atoms with Crippen molar-refractivity contribution in [3.63, 3.8) is 0 Å². The molecule has 1 aromatic rings. The molecule has 0 saturated heterocycles. The fourth-order valence-corrected chi connectivity index (χ4v) is 3.62. The van der Waals surface area contributed by atoms with Gasteiger partial charge in [-0.15, -0.1) is 0 Å². The van der Waals surface area contributed by atoms with Crippen LogP contribution in [0.3, 0.4) is 0 Å². The van der Waals surface area contributed by atoms with Crippen LogP contribution in [0.25, 0.3) is 5.70 Å². The Kier molecular flexibility index (Phi) is 5.28. The van der Waals surface area contributed by atoms with Gasteiger partial charge in [0, 0.05) is 31.4 Å². The van der Waals surface area contributed by atoms with Gasteiger partial charge in [0.15, 0.2) is 0 Å². The lowest BCUT2D eigenvalue weighted by Crippen LogP contribution is -2.46. The van der Waals surface area contributed by atoms with E-state index in [2.05, 4.69) is 50.4 Å². The topological polar surface area (TPSA) is 32.3 Å². The van der Waals surface area contributed by atoms with Gasteiger partial charge in [0.05, 0.1) is 0 Å². The number of hydrogen-bond donors (Lipinski definition) is 1. The number of carbonyl (C=O) groups is 1. The van der Waals surface area contributed by atoms with Gasteiger partial charge in [-0.3, -0.25) is 4.79 Å². The highest BCUT2D eigenvalue weighted by molar-refractivity contribution is 5.94. The van der Waals surface area contributed by atoms with E-state index >= 15 is 0 Å². The Bertz CT molecular complexity index is 577. The third kappa shape index (κ3) is 3.03. The number of nitrogens with one attached hydrogen (secondary N) is 1. The van der Waals surface area contributed by atoms with E-state index in [0.29, 0.717) is 12.0 Å². The van der Waals surface area contributed by atoms with Gasteiger partial charge >= 0.3 is 0 Å². The molecule has 1 aliphatic rings. The maximum absolute atomic E-state index is 12.2. The SMILES string of the molecule is CC/C=C(\NC)c1ccc2c(c1)C[C@@H](C)[C@H](CC)N2C(C)=O. The zero-order valence-corrected chi connectivity index (χ0v) is 14.4. The minimum absolute atomic E-state index is 0.144. The second-order valence-electron chi connectivity index (χ2n) is 6.17. The summed E-state index contributed by atoms with van der Waals surface area (Å²) in [6, 6.07) is 6.79. The Labute approximate surface area is 134 Å². The van der Waals surface area contributed by atoms with Gasteiger partial charge in [-0.05, 0) is 48.4 Å². The molecule has 0 spiro atoms.